The molecule has 0 spiro atoms. The van der Waals surface area contributed by atoms with E-state index in [1.165, 1.54) is 0 Å². The first-order valence-corrected chi connectivity index (χ1v) is 6.07. The summed E-state index contributed by atoms with van der Waals surface area (Å²) in [6.45, 7) is 7.28. The SMILES string of the molecule is CCC(C)OC(=O)C=C(Cl)C(=O)OC(C)CC. The smallest absolute Gasteiger partial charge is 0.350 e. The van der Waals surface area contributed by atoms with E-state index in [1.807, 2.05) is 13.8 Å². The van der Waals surface area contributed by atoms with Gasteiger partial charge in [0.1, 0.15) is 5.03 Å². The molecule has 0 aromatic rings. The highest BCUT2D eigenvalue weighted by Crippen LogP contribution is 2.09. The number of carbonyl (C=O) groups excluding carboxylic acids is 2. The van der Waals surface area contributed by atoms with Crippen LogP contribution in [-0.2, 0) is 19.1 Å². The Bertz CT molecular complexity index is 299. The van der Waals surface area contributed by atoms with Crippen molar-refractivity contribution < 1.29 is 19.1 Å². The third-order valence-corrected chi connectivity index (χ3v) is 2.48. The van der Waals surface area contributed by atoms with Crippen LogP contribution in [0.25, 0.3) is 0 Å². The lowest BCUT2D eigenvalue weighted by Crippen LogP contribution is -2.16. The van der Waals surface area contributed by atoms with E-state index in [4.69, 9.17) is 21.1 Å². The molecule has 98 valence electrons. The molecule has 0 aliphatic carbocycles. The quantitative estimate of drug-likeness (QED) is 0.546. The minimum Gasteiger partial charge on any atom is -0.459 e. The Morgan fingerprint density at radius 1 is 1.12 bits per heavy atom. The van der Waals surface area contributed by atoms with Gasteiger partial charge in [-0.2, -0.15) is 0 Å². The lowest BCUT2D eigenvalue weighted by atomic mass is 10.3. The second-order valence-electron chi connectivity index (χ2n) is 3.77. The third kappa shape index (κ3) is 7.00. The normalized spacial score (nSPS) is 15.0. The molecular weight excluding hydrogens is 244 g/mol. The van der Waals surface area contributed by atoms with Crippen molar-refractivity contribution in [2.24, 2.45) is 0 Å². The van der Waals surface area contributed by atoms with Crippen molar-refractivity contribution in [2.45, 2.75) is 52.7 Å². The van der Waals surface area contributed by atoms with Crippen LogP contribution in [0.5, 0.6) is 0 Å². The molecule has 0 rings (SSSR count). The van der Waals surface area contributed by atoms with Crippen molar-refractivity contribution in [3.05, 3.63) is 11.1 Å². The highest BCUT2D eigenvalue weighted by molar-refractivity contribution is 6.42. The standard InChI is InChI=1S/C12H19ClO4/c1-5-8(3)16-11(14)7-10(13)12(15)17-9(4)6-2/h7-9H,5-6H2,1-4H3. The molecule has 0 radical (unpaired) electrons. The van der Waals surface area contributed by atoms with E-state index in [-0.39, 0.29) is 17.2 Å². The Kier molecular flexibility index (Phi) is 7.63. The molecule has 0 aliphatic rings. The van der Waals surface area contributed by atoms with Crippen molar-refractivity contribution in [3.8, 4) is 0 Å². The molecule has 5 heteroatoms. The van der Waals surface area contributed by atoms with Crippen molar-refractivity contribution in [1.29, 1.82) is 0 Å². The second kappa shape index (κ2) is 8.12. The van der Waals surface area contributed by atoms with Gasteiger partial charge in [-0.25, -0.2) is 9.59 Å². The lowest BCUT2D eigenvalue weighted by molar-refractivity contribution is -0.145. The summed E-state index contributed by atoms with van der Waals surface area (Å²) >= 11 is 5.64. The van der Waals surface area contributed by atoms with Crippen LogP contribution >= 0.6 is 11.6 Å². The monoisotopic (exact) mass is 262 g/mol. The van der Waals surface area contributed by atoms with Gasteiger partial charge in [0.15, 0.2) is 0 Å². The Labute approximate surface area is 107 Å². The average Bonchev–Trinajstić information content (AvgIpc) is 2.28. The Hall–Kier alpha value is -1.03. The maximum Gasteiger partial charge on any atom is 0.350 e. The van der Waals surface area contributed by atoms with Crippen LogP contribution in [0, 0.1) is 0 Å². The van der Waals surface area contributed by atoms with Crippen LogP contribution in [0.15, 0.2) is 11.1 Å². The van der Waals surface area contributed by atoms with Gasteiger partial charge in [0.2, 0.25) is 0 Å². The maximum absolute atomic E-state index is 11.4. The van der Waals surface area contributed by atoms with Crippen LogP contribution in [0.3, 0.4) is 0 Å². The van der Waals surface area contributed by atoms with Crippen molar-refractivity contribution in [3.63, 3.8) is 0 Å². The molecule has 0 bridgehead atoms. The summed E-state index contributed by atoms with van der Waals surface area (Å²) in [5.74, 6) is -1.34. The van der Waals surface area contributed by atoms with Crippen LogP contribution < -0.4 is 0 Å². The maximum atomic E-state index is 11.4. The summed E-state index contributed by atoms with van der Waals surface area (Å²) in [5, 5.41) is -0.265. The predicted octanol–water partition coefficient (Wildman–Crippen LogP) is 2.79. The highest BCUT2D eigenvalue weighted by atomic mass is 35.5. The summed E-state index contributed by atoms with van der Waals surface area (Å²) in [4.78, 5) is 22.7. The summed E-state index contributed by atoms with van der Waals surface area (Å²) in [5.41, 5.74) is 0. The molecule has 0 saturated heterocycles. The van der Waals surface area contributed by atoms with E-state index in [0.717, 1.165) is 6.08 Å². The van der Waals surface area contributed by atoms with E-state index < -0.39 is 11.9 Å². The van der Waals surface area contributed by atoms with Crippen molar-refractivity contribution >= 4 is 23.5 Å². The van der Waals surface area contributed by atoms with Crippen LogP contribution in [0.2, 0.25) is 0 Å². The van der Waals surface area contributed by atoms with Crippen molar-refractivity contribution in [1.82, 2.24) is 0 Å². The molecule has 0 N–H and O–H groups in total. The summed E-state index contributed by atoms with van der Waals surface area (Å²) < 4.78 is 9.89. The van der Waals surface area contributed by atoms with Gasteiger partial charge in [-0.15, -0.1) is 0 Å². The van der Waals surface area contributed by atoms with E-state index in [1.54, 1.807) is 13.8 Å². The molecule has 0 aromatic carbocycles. The summed E-state index contributed by atoms with van der Waals surface area (Å²) in [6, 6.07) is 0. The van der Waals surface area contributed by atoms with Crippen LogP contribution in [0.1, 0.15) is 40.5 Å². The molecule has 2 unspecified atom stereocenters. The second-order valence-corrected chi connectivity index (χ2v) is 4.18. The topological polar surface area (TPSA) is 52.6 Å². The van der Waals surface area contributed by atoms with Gasteiger partial charge in [0.25, 0.3) is 0 Å². The van der Waals surface area contributed by atoms with Gasteiger partial charge in [-0.3, -0.25) is 0 Å². The molecule has 0 aromatic heterocycles. The Morgan fingerprint density at radius 2 is 1.59 bits per heavy atom. The first-order chi connectivity index (χ1) is 7.90. The third-order valence-electron chi connectivity index (χ3n) is 2.21. The summed E-state index contributed by atoms with van der Waals surface area (Å²) in [6.07, 6.45) is 1.91. The first-order valence-electron chi connectivity index (χ1n) is 5.69. The number of esters is 2. The van der Waals surface area contributed by atoms with Gasteiger partial charge >= 0.3 is 11.9 Å². The van der Waals surface area contributed by atoms with Gasteiger partial charge in [0, 0.05) is 6.08 Å². The highest BCUT2D eigenvalue weighted by Gasteiger charge is 2.14. The molecule has 0 heterocycles. The van der Waals surface area contributed by atoms with E-state index in [9.17, 15) is 9.59 Å². The largest absolute Gasteiger partial charge is 0.459 e. The van der Waals surface area contributed by atoms with Crippen LogP contribution in [-0.4, -0.2) is 24.1 Å². The van der Waals surface area contributed by atoms with E-state index in [2.05, 4.69) is 0 Å². The number of ether oxygens (including phenoxy) is 2. The molecule has 4 nitrogen and oxygen atoms in total. The molecular formula is C12H19ClO4. The minimum absolute atomic E-state index is 0.200. The van der Waals surface area contributed by atoms with Crippen LogP contribution in [0.4, 0.5) is 0 Å². The Morgan fingerprint density at radius 3 is 2.06 bits per heavy atom. The van der Waals surface area contributed by atoms with E-state index in [0.29, 0.717) is 12.8 Å². The predicted molar refractivity (Wildman–Crippen MR) is 65.6 cm³/mol. The number of halogens is 1. The lowest BCUT2D eigenvalue weighted by Gasteiger charge is -2.10. The number of carbonyl (C=O) groups is 2. The van der Waals surface area contributed by atoms with Gasteiger partial charge in [-0.05, 0) is 26.7 Å². The molecule has 2 atom stereocenters. The molecule has 17 heavy (non-hydrogen) atoms. The van der Waals surface area contributed by atoms with Gasteiger partial charge < -0.3 is 9.47 Å². The number of hydrogen-bond donors (Lipinski definition) is 0. The molecule has 0 aliphatic heterocycles. The molecule has 0 fully saturated rings. The fourth-order valence-electron chi connectivity index (χ4n) is 0.800. The fraction of sp³-hybridized carbons (Fsp3) is 0.667. The zero-order chi connectivity index (χ0) is 13.4. The average molecular weight is 263 g/mol. The Balaban J connectivity index is 4.32. The van der Waals surface area contributed by atoms with E-state index >= 15 is 0 Å². The fourth-order valence-corrected chi connectivity index (χ4v) is 0.934. The van der Waals surface area contributed by atoms with Gasteiger partial charge in [-0.1, -0.05) is 25.4 Å². The van der Waals surface area contributed by atoms with Gasteiger partial charge in [0.05, 0.1) is 12.2 Å². The number of hydrogen-bond acceptors (Lipinski definition) is 4. The molecule has 0 amide bonds. The summed E-state index contributed by atoms with van der Waals surface area (Å²) in [7, 11) is 0. The zero-order valence-corrected chi connectivity index (χ0v) is 11.4. The zero-order valence-electron chi connectivity index (χ0n) is 10.7. The minimum atomic E-state index is -0.706. The first kappa shape index (κ1) is 16.0. The molecule has 0 saturated carbocycles. The number of rotatable bonds is 6. The van der Waals surface area contributed by atoms with Crippen molar-refractivity contribution in [2.75, 3.05) is 0 Å².